The van der Waals surface area contributed by atoms with E-state index in [2.05, 4.69) is 22.4 Å². The third-order valence-electron chi connectivity index (χ3n) is 3.40. The molecule has 0 unspecified atom stereocenters. The van der Waals surface area contributed by atoms with Gasteiger partial charge in [0.05, 0.1) is 15.8 Å². The van der Waals surface area contributed by atoms with Crippen LogP contribution in [0, 0.1) is 0 Å². The van der Waals surface area contributed by atoms with Gasteiger partial charge >= 0.3 is 0 Å². The van der Waals surface area contributed by atoms with Gasteiger partial charge in [0, 0.05) is 11.9 Å². The average molecular weight is 381 g/mol. The molecule has 0 atom stereocenters. The van der Waals surface area contributed by atoms with Crippen LogP contribution in [0.5, 0.6) is 0 Å². The maximum atomic E-state index is 12.2. The zero-order valence-electron chi connectivity index (χ0n) is 12.8. The minimum atomic E-state index is -0.106. The van der Waals surface area contributed by atoms with Crippen molar-refractivity contribution in [3.63, 3.8) is 0 Å². The van der Waals surface area contributed by atoms with Crippen molar-refractivity contribution in [1.29, 1.82) is 0 Å². The van der Waals surface area contributed by atoms with Gasteiger partial charge in [0.25, 0.3) is 0 Å². The number of carbonyl (C=O) groups is 1. The van der Waals surface area contributed by atoms with Gasteiger partial charge in [0.1, 0.15) is 0 Å². The predicted molar refractivity (Wildman–Crippen MR) is 98.2 cm³/mol. The van der Waals surface area contributed by atoms with Crippen LogP contribution in [0.25, 0.3) is 5.65 Å². The maximum absolute atomic E-state index is 12.2. The van der Waals surface area contributed by atoms with Crippen molar-refractivity contribution in [2.24, 2.45) is 0 Å². The van der Waals surface area contributed by atoms with Crippen LogP contribution in [0.1, 0.15) is 12.5 Å². The van der Waals surface area contributed by atoms with Crippen LogP contribution in [-0.2, 0) is 11.2 Å². The standard InChI is InChI=1S/C16H14Cl2N4OS/c1-2-10-5-3-4-6-13(10)19-14(23)9-24-16-21-20-15-12(18)7-11(17)8-22(15)16/h3-8H,2,9H2,1H3,(H,19,23). The summed E-state index contributed by atoms with van der Waals surface area (Å²) in [6, 6.07) is 9.36. The SMILES string of the molecule is CCc1ccccc1NC(=O)CSc1nnc2c(Cl)cc(Cl)cn12. The molecule has 3 rings (SSSR count). The van der Waals surface area contributed by atoms with Gasteiger partial charge in [-0.15, -0.1) is 10.2 Å². The monoisotopic (exact) mass is 380 g/mol. The first-order chi connectivity index (χ1) is 11.6. The number of pyridine rings is 1. The highest BCUT2D eigenvalue weighted by Crippen LogP contribution is 2.25. The molecule has 1 amide bonds. The number of anilines is 1. The minimum absolute atomic E-state index is 0.106. The van der Waals surface area contributed by atoms with Gasteiger partial charge < -0.3 is 5.32 Å². The van der Waals surface area contributed by atoms with Crippen LogP contribution >= 0.6 is 35.0 Å². The molecule has 0 saturated carbocycles. The van der Waals surface area contributed by atoms with E-state index in [1.54, 1.807) is 16.7 Å². The van der Waals surface area contributed by atoms with E-state index in [1.807, 2.05) is 24.3 Å². The normalized spacial score (nSPS) is 11.0. The molecule has 0 fully saturated rings. The fraction of sp³-hybridized carbons (Fsp3) is 0.188. The number of amides is 1. The number of rotatable bonds is 5. The number of fused-ring (bicyclic) bond motifs is 1. The van der Waals surface area contributed by atoms with Crippen LogP contribution in [0.2, 0.25) is 10.0 Å². The molecule has 0 aliphatic rings. The molecule has 0 radical (unpaired) electrons. The Morgan fingerprint density at radius 2 is 2.08 bits per heavy atom. The maximum Gasteiger partial charge on any atom is 0.234 e. The van der Waals surface area contributed by atoms with Gasteiger partial charge in [0.15, 0.2) is 10.8 Å². The number of carbonyl (C=O) groups excluding carboxylic acids is 1. The number of thioether (sulfide) groups is 1. The highest BCUT2D eigenvalue weighted by molar-refractivity contribution is 7.99. The lowest BCUT2D eigenvalue weighted by Gasteiger charge is -2.09. The number of nitrogens with one attached hydrogen (secondary N) is 1. The molecular formula is C16H14Cl2N4OS. The van der Waals surface area contributed by atoms with E-state index in [9.17, 15) is 4.79 Å². The Bertz CT molecular complexity index is 897. The molecular weight excluding hydrogens is 367 g/mol. The Balaban J connectivity index is 1.71. The number of nitrogens with zero attached hydrogens (tertiary/aromatic N) is 3. The number of aromatic nitrogens is 3. The van der Waals surface area contributed by atoms with E-state index in [4.69, 9.17) is 23.2 Å². The second-order valence-corrected chi connectivity index (χ2v) is 6.82. The van der Waals surface area contributed by atoms with Crippen molar-refractivity contribution in [3.8, 4) is 0 Å². The molecule has 0 aliphatic carbocycles. The van der Waals surface area contributed by atoms with Crippen LogP contribution < -0.4 is 5.32 Å². The summed E-state index contributed by atoms with van der Waals surface area (Å²) in [7, 11) is 0. The van der Waals surface area contributed by atoms with E-state index in [0.29, 0.717) is 20.8 Å². The van der Waals surface area contributed by atoms with E-state index in [1.165, 1.54) is 11.8 Å². The molecule has 2 heterocycles. The zero-order valence-corrected chi connectivity index (χ0v) is 15.1. The molecule has 0 spiro atoms. The molecule has 5 nitrogen and oxygen atoms in total. The number of para-hydroxylation sites is 1. The highest BCUT2D eigenvalue weighted by Gasteiger charge is 2.13. The molecule has 8 heteroatoms. The summed E-state index contributed by atoms with van der Waals surface area (Å²) in [6.07, 6.45) is 2.53. The highest BCUT2D eigenvalue weighted by atomic mass is 35.5. The molecule has 0 aliphatic heterocycles. The fourth-order valence-corrected chi connectivity index (χ4v) is 3.49. The van der Waals surface area contributed by atoms with Gasteiger partial charge in [-0.05, 0) is 24.1 Å². The summed E-state index contributed by atoms with van der Waals surface area (Å²) in [6.45, 7) is 2.05. The first kappa shape index (κ1) is 17.1. The van der Waals surface area contributed by atoms with Gasteiger partial charge in [-0.2, -0.15) is 0 Å². The Labute approximate surface area is 153 Å². The summed E-state index contributed by atoms with van der Waals surface area (Å²) >= 11 is 13.4. The van der Waals surface area contributed by atoms with Crippen LogP contribution in [0.3, 0.4) is 0 Å². The molecule has 3 aromatic rings. The fourth-order valence-electron chi connectivity index (χ4n) is 2.27. The summed E-state index contributed by atoms with van der Waals surface area (Å²) < 4.78 is 1.68. The quantitative estimate of drug-likeness (QED) is 0.669. The van der Waals surface area contributed by atoms with E-state index in [-0.39, 0.29) is 11.7 Å². The van der Waals surface area contributed by atoms with Crippen LogP contribution in [-0.4, -0.2) is 26.3 Å². The zero-order chi connectivity index (χ0) is 17.1. The number of benzene rings is 1. The van der Waals surface area contributed by atoms with E-state index in [0.717, 1.165) is 17.7 Å². The Morgan fingerprint density at radius 3 is 2.88 bits per heavy atom. The molecule has 24 heavy (non-hydrogen) atoms. The van der Waals surface area contributed by atoms with Crippen molar-refractivity contribution >= 4 is 52.2 Å². The van der Waals surface area contributed by atoms with Crippen molar-refractivity contribution in [1.82, 2.24) is 14.6 Å². The Kier molecular flexibility index (Phi) is 5.28. The third kappa shape index (κ3) is 3.66. The lowest BCUT2D eigenvalue weighted by atomic mass is 10.1. The second-order valence-electron chi connectivity index (χ2n) is 5.03. The third-order valence-corrected chi connectivity index (χ3v) is 4.83. The topological polar surface area (TPSA) is 59.3 Å². The lowest BCUT2D eigenvalue weighted by molar-refractivity contribution is -0.113. The molecule has 0 bridgehead atoms. The first-order valence-corrected chi connectivity index (χ1v) is 9.03. The number of aryl methyl sites for hydroxylation is 1. The number of halogens is 2. The molecule has 0 saturated heterocycles. The van der Waals surface area contributed by atoms with Gasteiger partial charge in [-0.1, -0.05) is 60.1 Å². The van der Waals surface area contributed by atoms with Crippen LogP contribution in [0.15, 0.2) is 41.7 Å². The van der Waals surface area contributed by atoms with Crippen molar-refractivity contribution in [3.05, 3.63) is 52.1 Å². The first-order valence-electron chi connectivity index (χ1n) is 7.29. The minimum Gasteiger partial charge on any atom is -0.325 e. The van der Waals surface area contributed by atoms with Crippen molar-refractivity contribution < 1.29 is 4.79 Å². The Morgan fingerprint density at radius 1 is 1.29 bits per heavy atom. The molecule has 1 N–H and O–H groups in total. The predicted octanol–water partition coefficient (Wildman–Crippen LogP) is 4.33. The van der Waals surface area contributed by atoms with Crippen molar-refractivity contribution in [2.75, 3.05) is 11.1 Å². The summed E-state index contributed by atoms with van der Waals surface area (Å²) in [5.74, 6) is 0.106. The number of hydrogen-bond donors (Lipinski definition) is 1. The summed E-state index contributed by atoms with van der Waals surface area (Å²) in [5.41, 5.74) is 2.45. The average Bonchev–Trinajstić information content (AvgIpc) is 2.96. The summed E-state index contributed by atoms with van der Waals surface area (Å²) in [4.78, 5) is 12.2. The van der Waals surface area contributed by atoms with Gasteiger partial charge in [-0.25, -0.2) is 0 Å². The number of hydrogen-bond acceptors (Lipinski definition) is 4. The second kappa shape index (κ2) is 7.42. The lowest BCUT2D eigenvalue weighted by Crippen LogP contribution is -2.15. The smallest absolute Gasteiger partial charge is 0.234 e. The van der Waals surface area contributed by atoms with Crippen LogP contribution in [0.4, 0.5) is 5.69 Å². The molecule has 2 aromatic heterocycles. The molecule has 1 aromatic carbocycles. The van der Waals surface area contributed by atoms with Gasteiger partial charge in [-0.3, -0.25) is 9.20 Å². The molecule has 124 valence electrons. The van der Waals surface area contributed by atoms with Gasteiger partial charge in [0.2, 0.25) is 5.91 Å². The van der Waals surface area contributed by atoms with E-state index >= 15 is 0 Å². The van der Waals surface area contributed by atoms with E-state index < -0.39 is 0 Å². The Hall–Kier alpha value is -1.76. The van der Waals surface area contributed by atoms with Crippen molar-refractivity contribution in [2.45, 2.75) is 18.5 Å². The largest absolute Gasteiger partial charge is 0.325 e. The summed E-state index contributed by atoms with van der Waals surface area (Å²) in [5, 5.41) is 12.5.